The Kier molecular flexibility index (Phi) is 4.30. The van der Waals surface area contributed by atoms with Crippen LogP contribution < -0.4 is 5.32 Å². The number of rotatable bonds is 3. The van der Waals surface area contributed by atoms with Crippen LogP contribution in [-0.2, 0) is 0 Å². The summed E-state index contributed by atoms with van der Waals surface area (Å²) in [5.41, 5.74) is 1.37. The van der Waals surface area contributed by atoms with Crippen molar-refractivity contribution in [2.75, 3.05) is 7.05 Å². The van der Waals surface area contributed by atoms with Crippen molar-refractivity contribution in [2.24, 2.45) is 0 Å². The van der Waals surface area contributed by atoms with Gasteiger partial charge in [0.2, 0.25) is 0 Å². The van der Waals surface area contributed by atoms with E-state index in [4.69, 9.17) is 0 Å². The molecule has 0 aromatic heterocycles. The van der Waals surface area contributed by atoms with Gasteiger partial charge in [0.05, 0.1) is 0 Å². The maximum absolute atomic E-state index is 3.42. The van der Waals surface area contributed by atoms with Crippen molar-refractivity contribution < 1.29 is 0 Å². The quantitative estimate of drug-likeness (QED) is 0.859. The molecule has 1 nitrogen and oxygen atoms in total. The van der Waals surface area contributed by atoms with Gasteiger partial charge in [0, 0.05) is 16.2 Å². The van der Waals surface area contributed by atoms with Gasteiger partial charge in [-0.15, -0.1) is 11.8 Å². The van der Waals surface area contributed by atoms with Gasteiger partial charge in [0.15, 0.2) is 0 Å². The molecule has 2 heteroatoms. The van der Waals surface area contributed by atoms with Gasteiger partial charge < -0.3 is 5.32 Å². The molecule has 1 saturated carbocycles. The maximum Gasteiger partial charge on any atom is 0.0109 e. The van der Waals surface area contributed by atoms with Gasteiger partial charge in [-0.3, -0.25) is 0 Å². The van der Waals surface area contributed by atoms with E-state index in [1.54, 1.807) is 0 Å². The molecular formula is C14H21NS. The van der Waals surface area contributed by atoms with E-state index in [0.717, 1.165) is 11.3 Å². The van der Waals surface area contributed by atoms with Crippen LogP contribution in [0.15, 0.2) is 29.2 Å². The number of benzene rings is 1. The molecule has 1 aliphatic carbocycles. The van der Waals surface area contributed by atoms with Crippen LogP contribution in [0.5, 0.6) is 0 Å². The van der Waals surface area contributed by atoms with Gasteiger partial charge in [0.25, 0.3) is 0 Å². The second-order valence-electron chi connectivity index (χ2n) is 4.71. The number of hydrogen-bond donors (Lipinski definition) is 1. The zero-order valence-electron chi connectivity index (χ0n) is 10.2. The fourth-order valence-corrected chi connectivity index (χ4v) is 3.80. The van der Waals surface area contributed by atoms with E-state index < -0.39 is 0 Å². The lowest BCUT2D eigenvalue weighted by molar-refractivity contribution is 0.402. The molecule has 1 aromatic rings. The van der Waals surface area contributed by atoms with E-state index in [1.165, 1.54) is 36.1 Å². The minimum atomic E-state index is 0.732. The second-order valence-corrected chi connectivity index (χ2v) is 6.08. The number of nitrogens with one attached hydrogen (secondary N) is 1. The largest absolute Gasteiger partial charge is 0.317 e. The molecule has 88 valence electrons. The van der Waals surface area contributed by atoms with Crippen LogP contribution in [0.25, 0.3) is 0 Å². The Hall–Kier alpha value is -0.470. The number of aryl methyl sites for hydroxylation is 1. The molecule has 0 heterocycles. The summed E-state index contributed by atoms with van der Waals surface area (Å²) in [6.07, 6.45) is 5.41. The van der Waals surface area contributed by atoms with Crippen molar-refractivity contribution in [3.8, 4) is 0 Å². The molecule has 1 aromatic carbocycles. The highest BCUT2D eigenvalue weighted by Crippen LogP contribution is 2.33. The highest BCUT2D eigenvalue weighted by molar-refractivity contribution is 8.00. The van der Waals surface area contributed by atoms with Crippen LogP contribution >= 0.6 is 11.8 Å². The lowest BCUT2D eigenvalue weighted by Gasteiger charge is -2.28. The molecule has 0 bridgehead atoms. The predicted molar refractivity (Wildman–Crippen MR) is 72.1 cm³/mol. The van der Waals surface area contributed by atoms with Crippen LogP contribution in [0.3, 0.4) is 0 Å². The Morgan fingerprint density at radius 1 is 1.31 bits per heavy atom. The second kappa shape index (κ2) is 5.74. The van der Waals surface area contributed by atoms with E-state index >= 15 is 0 Å². The summed E-state index contributed by atoms with van der Waals surface area (Å²) in [6, 6.07) is 9.60. The third kappa shape index (κ3) is 3.26. The number of hydrogen-bond acceptors (Lipinski definition) is 2. The smallest absolute Gasteiger partial charge is 0.0109 e. The highest BCUT2D eigenvalue weighted by Gasteiger charge is 2.21. The Morgan fingerprint density at radius 2 is 2.19 bits per heavy atom. The zero-order valence-corrected chi connectivity index (χ0v) is 11.0. The maximum atomic E-state index is 3.42. The molecule has 2 rings (SSSR count). The Labute approximate surface area is 103 Å². The van der Waals surface area contributed by atoms with Crippen LogP contribution in [0.2, 0.25) is 0 Å². The average Bonchev–Trinajstić information content (AvgIpc) is 2.29. The predicted octanol–water partition coefficient (Wildman–Crippen LogP) is 3.62. The van der Waals surface area contributed by atoms with E-state index in [-0.39, 0.29) is 0 Å². The Morgan fingerprint density at radius 3 is 2.94 bits per heavy atom. The first kappa shape index (κ1) is 12.0. The third-order valence-electron chi connectivity index (χ3n) is 3.33. The molecule has 16 heavy (non-hydrogen) atoms. The van der Waals surface area contributed by atoms with Crippen molar-refractivity contribution in [2.45, 2.75) is 48.8 Å². The van der Waals surface area contributed by atoms with Gasteiger partial charge in [-0.1, -0.05) is 24.1 Å². The normalized spacial score (nSPS) is 25.6. The van der Waals surface area contributed by atoms with Crippen LogP contribution in [-0.4, -0.2) is 18.3 Å². The van der Waals surface area contributed by atoms with Gasteiger partial charge >= 0.3 is 0 Å². The summed E-state index contributed by atoms with van der Waals surface area (Å²) < 4.78 is 0. The molecule has 2 atom stereocenters. The van der Waals surface area contributed by atoms with E-state index in [0.29, 0.717) is 0 Å². The highest BCUT2D eigenvalue weighted by atomic mass is 32.2. The van der Waals surface area contributed by atoms with E-state index in [1.807, 2.05) is 0 Å². The summed E-state index contributed by atoms with van der Waals surface area (Å²) in [4.78, 5) is 1.43. The molecule has 0 radical (unpaired) electrons. The van der Waals surface area contributed by atoms with Gasteiger partial charge in [-0.05, 0) is 45.4 Å². The first-order valence-corrected chi connectivity index (χ1v) is 7.06. The minimum absolute atomic E-state index is 0.732. The molecule has 1 fully saturated rings. The Bertz CT molecular complexity index is 337. The summed E-state index contributed by atoms with van der Waals surface area (Å²) in [5, 5.41) is 4.22. The fourth-order valence-electron chi connectivity index (χ4n) is 2.40. The lowest BCUT2D eigenvalue weighted by Crippen LogP contribution is -2.32. The first-order valence-electron chi connectivity index (χ1n) is 6.18. The van der Waals surface area contributed by atoms with Crippen molar-refractivity contribution in [3.05, 3.63) is 29.8 Å². The van der Waals surface area contributed by atoms with E-state index in [9.17, 15) is 0 Å². The summed E-state index contributed by atoms with van der Waals surface area (Å²) in [7, 11) is 2.09. The van der Waals surface area contributed by atoms with Crippen molar-refractivity contribution in [1.29, 1.82) is 0 Å². The summed E-state index contributed by atoms with van der Waals surface area (Å²) in [5.74, 6) is 0. The lowest BCUT2D eigenvalue weighted by atomic mass is 9.95. The van der Waals surface area contributed by atoms with Gasteiger partial charge in [-0.2, -0.15) is 0 Å². The molecule has 2 unspecified atom stereocenters. The first-order chi connectivity index (χ1) is 7.78. The van der Waals surface area contributed by atoms with Crippen molar-refractivity contribution in [3.63, 3.8) is 0 Å². The van der Waals surface area contributed by atoms with Gasteiger partial charge in [-0.25, -0.2) is 0 Å². The molecule has 0 spiro atoms. The molecule has 0 amide bonds. The van der Waals surface area contributed by atoms with Gasteiger partial charge in [0.1, 0.15) is 0 Å². The fraction of sp³-hybridized carbons (Fsp3) is 0.571. The van der Waals surface area contributed by atoms with Crippen molar-refractivity contribution in [1.82, 2.24) is 5.32 Å². The minimum Gasteiger partial charge on any atom is -0.317 e. The third-order valence-corrected chi connectivity index (χ3v) is 4.61. The molecule has 1 aliphatic rings. The summed E-state index contributed by atoms with van der Waals surface area (Å²) in [6.45, 7) is 2.17. The molecule has 0 saturated heterocycles. The zero-order chi connectivity index (χ0) is 11.4. The summed E-state index contributed by atoms with van der Waals surface area (Å²) >= 11 is 2.06. The standard InChI is InChI=1S/C14H21NS/c1-11-5-3-7-13(9-11)16-14-8-4-6-12(10-14)15-2/h3,5,7,9,12,14-15H,4,6,8,10H2,1-2H3. The van der Waals surface area contributed by atoms with Crippen molar-refractivity contribution >= 4 is 11.8 Å². The van der Waals surface area contributed by atoms with Crippen LogP contribution in [0.4, 0.5) is 0 Å². The number of thioether (sulfide) groups is 1. The SMILES string of the molecule is CNC1CCCC(Sc2cccc(C)c2)C1. The monoisotopic (exact) mass is 235 g/mol. The Balaban J connectivity index is 1.94. The topological polar surface area (TPSA) is 12.0 Å². The molecule has 0 aliphatic heterocycles. The van der Waals surface area contributed by atoms with E-state index in [2.05, 4.69) is 55.3 Å². The molecule has 1 N–H and O–H groups in total. The average molecular weight is 235 g/mol. The van der Waals surface area contributed by atoms with Crippen LogP contribution in [0, 0.1) is 6.92 Å². The molecular weight excluding hydrogens is 214 g/mol. The van der Waals surface area contributed by atoms with Crippen LogP contribution in [0.1, 0.15) is 31.2 Å².